The molecule has 1 aromatic rings. The summed E-state index contributed by atoms with van der Waals surface area (Å²) in [6.45, 7) is 8.21. The van der Waals surface area contributed by atoms with Crippen LogP contribution in [0.4, 0.5) is 5.82 Å². The molecule has 0 amide bonds. The molecule has 1 rings (SSSR count). The van der Waals surface area contributed by atoms with Gasteiger partial charge in [-0.3, -0.25) is 0 Å². The zero-order valence-electron chi connectivity index (χ0n) is 11.2. The highest BCUT2D eigenvalue weighted by atomic mass is 35.5. The number of nitrogens with one attached hydrogen (secondary N) is 1. The van der Waals surface area contributed by atoms with Crippen molar-refractivity contribution in [1.29, 1.82) is 0 Å². The molecule has 0 radical (unpaired) electrons. The van der Waals surface area contributed by atoms with Crippen LogP contribution in [0, 0.1) is 13.8 Å². The van der Waals surface area contributed by atoms with Crippen molar-refractivity contribution in [2.24, 2.45) is 0 Å². The van der Waals surface area contributed by atoms with Gasteiger partial charge in [-0.25, -0.2) is 9.97 Å². The minimum absolute atomic E-state index is 0.422. The van der Waals surface area contributed by atoms with Crippen molar-refractivity contribution in [3.63, 3.8) is 0 Å². The average molecular weight is 256 g/mol. The van der Waals surface area contributed by atoms with E-state index in [0.717, 1.165) is 17.8 Å². The van der Waals surface area contributed by atoms with E-state index in [1.807, 2.05) is 13.8 Å². The van der Waals surface area contributed by atoms with Crippen LogP contribution >= 0.6 is 11.6 Å². The predicted molar refractivity (Wildman–Crippen MR) is 73.7 cm³/mol. The van der Waals surface area contributed by atoms with Crippen LogP contribution in [0.5, 0.6) is 0 Å². The lowest BCUT2D eigenvalue weighted by Crippen LogP contribution is -2.17. The minimum atomic E-state index is 0.422. The molecule has 0 saturated heterocycles. The monoisotopic (exact) mass is 255 g/mol. The Hall–Kier alpha value is -0.830. The first-order chi connectivity index (χ1) is 8.04. The molecule has 0 fully saturated rings. The second-order valence-electron chi connectivity index (χ2n) is 4.58. The summed E-state index contributed by atoms with van der Waals surface area (Å²) >= 11 is 6.04. The van der Waals surface area contributed by atoms with Gasteiger partial charge >= 0.3 is 0 Å². The minimum Gasteiger partial charge on any atom is -0.367 e. The molecule has 0 aliphatic heterocycles. The lowest BCUT2D eigenvalue weighted by molar-refractivity contribution is 0.613. The molecule has 96 valence electrons. The molecule has 4 heteroatoms. The summed E-state index contributed by atoms with van der Waals surface area (Å²) in [6, 6.07) is 0.422. The van der Waals surface area contributed by atoms with Gasteiger partial charge in [0, 0.05) is 11.6 Å². The largest absolute Gasteiger partial charge is 0.367 e. The third-order valence-electron chi connectivity index (χ3n) is 2.82. The van der Waals surface area contributed by atoms with Gasteiger partial charge in [0.1, 0.15) is 16.8 Å². The second-order valence-corrected chi connectivity index (χ2v) is 4.93. The Morgan fingerprint density at radius 1 is 1.24 bits per heavy atom. The maximum atomic E-state index is 6.04. The van der Waals surface area contributed by atoms with Gasteiger partial charge in [-0.15, -0.1) is 0 Å². The summed E-state index contributed by atoms with van der Waals surface area (Å²) in [7, 11) is 0. The molecule has 0 aliphatic rings. The normalized spacial score (nSPS) is 12.5. The van der Waals surface area contributed by atoms with E-state index in [1.54, 1.807) is 0 Å². The van der Waals surface area contributed by atoms with Crippen molar-refractivity contribution < 1.29 is 0 Å². The van der Waals surface area contributed by atoms with Crippen molar-refractivity contribution in [3.05, 3.63) is 16.5 Å². The van der Waals surface area contributed by atoms with Crippen molar-refractivity contribution in [2.45, 2.75) is 59.4 Å². The first kappa shape index (κ1) is 14.2. The van der Waals surface area contributed by atoms with Crippen molar-refractivity contribution >= 4 is 17.4 Å². The average Bonchev–Trinajstić information content (AvgIpc) is 2.25. The highest BCUT2D eigenvalue weighted by Gasteiger charge is 2.09. The van der Waals surface area contributed by atoms with E-state index < -0.39 is 0 Å². The Balaban J connectivity index is 2.61. The first-order valence-corrected chi connectivity index (χ1v) is 6.69. The van der Waals surface area contributed by atoms with Crippen LogP contribution < -0.4 is 5.32 Å². The topological polar surface area (TPSA) is 37.8 Å². The van der Waals surface area contributed by atoms with Crippen LogP contribution in [0.2, 0.25) is 5.15 Å². The fraction of sp³-hybridized carbons (Fsp3) is 0.692. The zero-order chi connectivity index (χ0) is 12.8. The Morgan fingerprint density at radius 2 is 1.94 bits per heavy atom. The molecule has 3 nitrogen and oxygen atoms in total. The zero-order valence-corrected chi connectivity index (χ0v) is 11.9. The molecule has 1 atom stereocenters. The number of halogens is 1. The molecule has 1 unspecified atom stereocenters. The van der Waals surface area contributed by atoms with E-state index in [4.69, 9.17) is 11.6 Å². The Kier molecular flexibility index (Phi) is 5.69. The summed E-state index contributed by atoms with van der Waals surface area (Å²) < 4.78 is 0. The van der Waals surface area contributed by atoms with Crippen molar-refractivity contribution in [2.75, 3.05) is 5.32 Å². The number of rotatable bonds is 6. The lowest BCUT2D eigenvalue weighted by atomic mass is 10.1. The SMILES string of the molecule is CCCCCC(C)Nc1nc(C)nc(Cl)c1C. The second kappa shape index (κ2) is 6.80. The van der Waals surface area contributed by atoms with E-state index in [-0.39, 0.29) is 0 Å². The highest BCUT2D eigenvalue weighted by molar-refractivity contribution is 6.30. The van der Waals surface area contributed by atoms with Crippen LogP contribution in [-0.2, 0) is 0 Å². The van der Waals surface area contributed by atoms with Gasteiger partial charge < -0.3 is 5.32 Å². The summed E-state index contributed by atoms with van der Waals surface area (Å²) in [5.41, 5.74) is 0.930. The van der Waals surface area contributed by atoms with E-state index in [2.05, 4.69) is 29.1 Å². The van der Waals surface area contributed by atoms with Crippen LogP contribution in [-0.4, -0.2) is 16.0 Å². The number of anilines is 1. The lowest BCUT2D eigenvalue weighted by Gasteiger charge is -2.16. The molecular weight excluding hydrogens is 234 g/mol. The van der Waals surface area contributed by atoms with E-state index in [0.29, 0.717) is 17.0 Å². The number of aromatic nitrogens is 2. The van der Waals surface area contributed by atoms with Gasteiger partial charge in [0.15, 0.2) is 0 Å². The van der Waals surface area contributed by atoms with E-state index >= 15 is 0 Å². The Labute approximate surface area is 109 Å². The number of aryl methyl sites for hydroxylation is 1. The number of nitrogens with zero attached hydrogens (tertiary/aromatic N) is 2. The summed E-state index contributed by atoms with van der Waals surface area (Å²) in [5.74, 6) is 1.58. The van der Waals surface area contributed by atoms with Crippen molar-refractivity contribution in [3.8, 4) is 0 Å². The fourth-order valence-corrected chi connectivity index (χ4v) is 1.95. The molecular formula is C13H22ClN3. The molecule has 17 heavy (non-hydrogen) atoms. The molecule has 0 saturated carbocycles. The predicted octanol–water partition coefficient (Wildman–Crippen LogP) is 4.13. The van der Waals surface area contributed by atoms with Crippen LogP contribution in [0.25, 0.3) is 0 Å². The van der Waals surface area contributed by atoms with Crippen LogP contribution in [0.15, 0.2) is 0 Å². The molecule has 0 aromatic carbocycles. The molecule has 0 spiro atoms. The smallest absolute Gasteiger partial charge is 0.137 e. The Bertz CT molecular complexity index is 366. The maximum Gasteiger partial charge on any atom is 0.137 e. The van der Waals surface area contributed by atoms with Crippen LogP contribution in [0.3, 0.4) is 0 Å². The summed E-state index contributed by atoms with van der Waals surface area (Å²) in [5, 5.41) is 3.96. The van der Waals surface area contributed by atoms with Crippen LogP contribution in [0.1, 0.15) is 50.9 Å². The molecule has 1 N–H and O–H groups in total. The van der Waals surface area contributed by atoms with Gasteiger partial charge in [-0.2, -0.15) is 0 Å². The highest BCUT2D eigenvalue weighted by Crippen LogP contribution is 2.21. The summed E-state index contributed by atoms with van der Waals surface area (Å²) in [4.78, 5) is 8.53. The number of unbranched alkanes of at least 4 members (excludes halogenated alkanes) is 2. The third kappa shape index (κ3) is 4.50. The summed E-state index contributed by atoms with van der Waals surface area (Å²) in [6.07, 6.45) is 4.95. The number of hydrogen-bond donors (Lipinski definition) is 1. The quantitative estimate of drug-likeness (QED) is 0.614. The fourth-order valence-electron chi connectivity index (χ4n) is 1.74. The molecule has 0 bridgehead atoms. The maximum absolute atomic E-state index is 6.04. The number of hydrogen-bond acceptors (Lipinski definition) is 3. The van der Waals surface area contributed by atoms with Gasteiger partial charge in [-0.05, 0) is 27.2 Å². The van der Waals surface area contributed by atoms with E-state index in [1.165, 1.54) is 19.3 Å². The standard InChI is InChI=1S/C13H22ClN3/c1-5-6-7-8-9(2)15-13-10(3)12(14)16-11(4)17-13/h9H,5-8H2,1-4H3,(H,15,16,17). The molecule has 1 heterocycles. The third-order valence-corrected chi connectivity index (χ3v) is 3.19. The molecule has 0 aliphatic carbocycles. The van der Waals surface area contributed by atoms with Gasteiger partial charge in [0.2, 0.25) is 0 Å². The van der Waals surface area contributed by atoms with Gasteiger partial charge in [0.05, 0.1) is 0 Å². The first-order valence-electron chi connectivity index (χ1n) is 6.31. The van der Waals surface area contributed by atoms with Gasteiger partial charge in [-0.1, -0.05) is 37.8 Å². The van der Waals surface area contributed by atoms with Gasteiger partial charge in [0.25, 0.3) is 0 Å². The Morgan fingerprint density at radius 3 is 2.59 bits per heavy atom. The molecule has 1 aromatic heterocycles. The van der Waals surface area contributed by atoms with E-state index in [9.17, 15) is 0 Å². The van der Waals surface area contributed by atoms with Crippen molar-refractivity contribution in [1.82, 2.24) is 9.97 Å².